The molecule has 0 aromatic heterocycles. The fraction of sp³-hybridized carbons (Fsp3) is 1.00. The first-order chi connectivity index (χ1) is 8.50. The van der Waals surface area contributed by atoms with Crippen LogP contribution in [0.2, 0.25) is 0 Å². The molecule has 0 bridgehead atoms. The van der Waals surface area contributed by atoms with E-state index in [-0.39, 0.29) is 6.04 Å². The summed E-state index contributed by atoms with van der Waals surface area (Å²) >= 11 is 0. The second-order valence-corrected chi connectivity index (χ2v) is 5.73. The van der Waals surface area contributed by atoms with Crippen LogP contribution < -0.4 is 0 Å². The predicted molar refractivity (Wildman–Crippen MR) is 69.1 cm³/mol. The van der Waals surface area contributed by atoms with Crippen molar-refractivity contribution >= 4 is 0 Å². The molecule has 2 rings (SSSR count). The van der Waals surface area contributed by atoms with E-state index < -0.39 is 17.9 Å². The number of fused-ring (bicyclic) bond motifs is 1. The third-order valence-electron chi connectivity index (χ3n) is 4.57. The molecule has 2 heterocycles. The van der Waals surface area contributed by atoms with E-state index in [1.165, 1.54) is 0 Å². The Morgan fingerprint density at radius 3 is 2.72 bits per heavy atom. The molecule has 0 aromatic rings. The zero-order chi connectivity index (χ0) is 13.3. The number of rotatable bonds is 4. The van der Waals surface area contributed by atoms with Gasteiger partial charge >= 0.3 is 0 Å². The number of likely N-dealkylation sites (N-methyl/N-ethyl adjacent to an activating group) is 1. The molecule has 4 atom stereocenters. The highest BCUT2D eigenvalue weighted by molar-refractivity contribution is 5.06. The molecule has 18 heavy (non-hydrogen) atoms. The predicted octanol–water partition coefficient (Wildman–Crippen LogP) is -0.393. The van der Waals surface area contributed by atoms with Gasteiger partial charge in [0.25, 0.3) is 0 Å². The van der Waals surface area contributed by atoms with Gasteiger partial charge in [0.2, 0.25) is 0 Å². The minimum atomic E-state index is -1.00. The van der Waals surface area contributed by atoms with Crippen LogP contribution in [-0.4, -0.2) is 75.8 Å². The van der Waals surface area contributed by atoms with Gasteiger partial charge in [0.1, 0.15) is 5.72 Å². The summed E-state index contributed by atoms with van der Waals surface area (Å²) in [4.78, 5) is 4.06. The van der Waals surface area contributed by atoms with E-state index in [4.69, 9.17) is 0 Å². The molecule has 3 N–H and O–H groups in total. The summed E-state index contributed by atoms with van der Waals surface area (Å²) in [6.07, 6.45) is 1.78. The van der Waals surface area contributed by atoms with Gasteiger partial charge in [-0.2, -0.15) is 0 Å². The van der Waals surface area contributed by atoms with E-state index in [0.29, 0.717) is 12.8 Å². The van der Waals surface area contributed by atoms with E-state index in [0.717, 1.165) is 32.5 Å². The summed E-state index contributed by atoms with van der Waals surface area (Å²) in [5, 5.41) is 30.9. The lowest BCUT2D eigenvalue weighted by Crippen LogP contribution is -2.64. The maximum Gasteiger partial charge on any atom is 0.137 e. The third-order valence-corrected chi connectivity index (χ3v) is 4.57. The van der Waals surface area contributed by atoms with E-state index in [9.17, 15) is 15.3 Å². The van der Waals surface area contributed by atoms with Crippen molar-refractivity contribution in [1.82, 2.24) is 9.80 Å². The normalized spacial score (nSPS) is 41.3. The summed E-state index contributed by atoms with van der Waals surface area (Å²) in [5.74, 6) is 0. The number of unbranched alkanes of at least 4 members (excludes halogenated alkanes) is 1. The first-order valence-corrected chi connectivity index (χ1v) is 7.04. The van der Waals surface area contributed by atoms with Crippen molar-refractivity contribution in [3.63, 3.8) is 0 Å². The third kappa shape index (κ3) is 2.30. The molecule has 106 valence electrons. The molecule has 5 heteroatoms. The SMILES string of the molecule is CCCCN(C)C1(O)CCN2CCC(O)C(O)C21. The largest absolute Gasteiger partial charge is 0.390 e. The maximum absolute atomic E-state index is 10.9. The van der Waals surface area contributed by atoms with Gasteiger partial charge in [0, 0.05) is 26.1 Å². The van der Waals surface area contributed by atoms with Gasteiger partial charge in [-0.1, -0.05) is 13.3 Å². The number of aliphatic hydroxyl groups excluding tert-OH is 2. The van der Waals surface area contributed by atoms with Crippen LogP contribution in [-0.2, 0) is 0 Å². The summed E-state index contributed by atoms with van der Waals surface area (Å²) in [6, 6.07) is -0.358. The number of piperidine rings is 1. The van der Waals surface area contributed by atoms with Gasteiger partial charge in [-0.05, 0) is 19.9 Å². The monoisotopic (exact) mass is 258 g/mol. The molecule has 0 spiro atoms. The highest BCUT2D eigenvalue weighted by atomic mass is 16.3. The zero-order valence-corrected chi connectivity index (χ0v) is 11.4. The van der Waals surface area contributed by atoms with Crippen LogP contribution in [0.25, 0.3) is 0 Å². The van der Waals surface area contributed by atoms with Crippen molar-refractivity contribution in [3.05, 3.63) is 0 Å². The summed E-state index contributed by atoms with van der Waals surface area (Å²) < 4.78 is 0. The van der Waals surface area contributed by atoms with Crippen molar-refractivity contribution in [1.29, 1.82) is 0 Å². The molecule has 2 aliphatic heterocycles. The van der Waals surface area contributed by atoms with Crippen molar-refractivity contribution < 1.29 is 15.3 Å². The highest BCUT2D eigenvalue weighted by Gasteiger charge is 2.54. The summed E-state index contributed by atoms with van der Waals surface area (Å²) in [6.45, 7) is 4.49. The molecule has 0 radical (unpaired) electrons. The fourth-order valence-electron chi connectivity index (χ4n) is 3.31. The number of hydrogen-bond donors (Lipinski definition) is 3. The van der Waals surface area contributed by atoms with Crippen LogP contribution >= 0.6 is 0 Å². The Morgan fingerprint density at radius 1 is 1.33 bits per heavy atom. The van der Waals surface area contributed by atoms with E-state index in [1.807, 2.05) is 11.9 Å². The topological polar surface area (TPSA) is 67.2 Å². The van der Waals surface area contributed by atoms with Crippen molar-refractivity contribution in [2.75, 3.05) is 26.7 Å². The second kappa shape index (κ2) is 5.43. The van der Waals surface area contributed by atoms with Crippen LogP contribution in [0.4, 0.5) is 0 Å². The van der Waals surface area contributed by atoms with Gasteiger partial charge in [0.05, 0.1) is 18.2 Å². The Bertz CT molecular complexity index is 289. The minimum Gasteiger partial charge on any atom is -0.390 e. The zero-order valence-electron chi connectivity index (χ0n) is 11.4. The lowest BCUT2D eigenvalue weighted by molar-refractivity contribution is -0.174. The fourth-order valence-corrected chi connectivity index (χ4v) is 3.31. The van der Waals surface area contributed by atoms with Crippen LogP contribution in [0.3, 0.4) is 0 Å². The Labute approximate surface area is 109 Å². The van der Waals surface area contributed by atoms with Gasteiger partial charge in [-0.25, -0.2) is 0 Å². The smallest absolute Gasteiger partial charge is 0.137 e. The molecule has 5 nitrogen and oxygen atoms in total. The highest BCUT2D eigenvalue weighted by Crippen LogP contribution is 2.37. The van der Waals surface area contributed by atoms with Gasteiger partial charge in [-0.15, -0.1) is 0 Å². The van der Waals surface area contributed by atoms with E-state index >= 15 is 0 Å². The van der Waals surface area contributed by atoms with Gasteiger partial charge in [-0.3, -0.25) is 9.80 Å². The number of nitrogens with zero attached hydrogens (tertiary/aromatic N) is 2. The van der Waals surface area contributed by atoms with Crippen LogP contribution in [0, 0.1) is 0 Å². The first kappa shape index (κ1) is 14.2. The molecule has 2 fully saturated rings. The average molecular weight is 258 g/mol. The Kier molecular flexibility index (Phi) is 4.29. The number of hydrogen-bond acceptors (Lipinski definition) is 5. The minimum absolute atomic E-state index is 0.358. The van der Waals surface area contributed by atoms with Crippen LogP contribution in [0.15, 0.2) is 0 Å². The summed E-state index contributed by atoms with van der Waals surface area (Å²) in [5.41, 5.74) is -1.00. The van der Waals surface area contributed by atoms with Gasteiger partial charge in [0.15, 0.2) is 0 Å². The molecule has 2 saturated heterocycles. The molecule has 0 aromatic carbocycles. The van der Waals surface area contributed by atoms with Crippen LogP contribution in [0.1, 0.15) is 32.6 Å². The second-order valence-electron chi connectivity index (χ2n) is 5.73. The maximum atomic E-state index is 10.9. The van der Waals surface area contributed by atoms with Gasteiger partial charge < -0.3 is 15.3 Å². The quantitative estimate of drug-likeness (QED) is 0.599. The van der Waals surface area contributed by atoms with Crippen LogP contribution in [0.5, 0.6) is 0 Å². The molecule has 0 saturated carbocycles. The lowest BCUT2D eigenvalue weighted by atomic mass is 9.90. The number of aliphatic hydroxyl groups is 3. The molecular formula is C13H26N2O3. The Hall–Kier alpha value is -0.200. The van der Waals surface area contributed by atoms with E-state index in [2.05, 4.69) is 11.8 Å². The average Bonchev–Trinajstić information content (AvgIpc) is 2.70. The van der Waals surface area contributed by atoms with Crippen molar-refractivity contribution in [2.24, 2.45) is 0 Å². The molecule has 4 unspecified atom stereocenters. The Morgan fingerprint density at radius 2 is 2.06 bits per heavy atom. The lowest BCUT2D eigenvalue weighted by Gasteiger charge is -2.46. The molecule has 0 aliphatic carbocycles. The molecule has 0 amide bonds. The Balaban J connectivity index is 2.12. The van der Waals surface area contributed by atoms with E-state index in [1.54, 1.807) is 0 Å². The summed E-state index contributed by atoms with van der Waals surface area (Å²) in [7, 11) is 1.91. The molecule has 2 aliphatic rings. The first-order valence-electron chi connectivity index (χ1n) is 7.04. The molecular weight excluding hydrogens is 232 g/mol. The van der Waals surface area contributed by atoms with Crippen molar-refractivity contribution in [2.45, 2.75) is 56.6 Å². The standard InChI is InChI=1S/C13H26N2O3/c1-3-4-7-14(2)13(18)6-9-15-8-5-10(16)11(17)12(13)15/h10-12,16-18H,3-9H2,1-2H3. The van der Waals surface area contributed by atoms with Crippen molar-refractivity contribution in [3.8, 4) is 0 Å².